The van der Waals surface area contributed by atoms with Crippen molar-refractivity contribution in [3.63, 3.8) is 0 Å². The molecule has 1 aliphatic heterocycles. The number of methoxy groups -OCH3 is 1. The summed E-state index contributed by atoms with van der Waals surface area (Å²) in [7, 11) is -1.79. The summed E-state index contributed by atoms with van der Waals surface area (Å²) in [6.07, 6.45) is 1.86. The molecule has 5 heteroatoms. The van der Waals surface area contributed by atoms with E-state index in [-0.39, 0.29) is 5.92 Å². The third kappa shape index (κ3) is 3.47. The van der Waals surface area contributed by atoms with Crippen LogP contribution < -0.4 is 4.74 Å². The Balaban J connectivity index is 1.83. The molecule has 1 heterocycles. The number of ether oxygens (including phenoxy) is 1. The molecule has 0 bridgehead atoms. The minimum absolute atomic E-state index is 0.203. The van der Waals surface area contributed by atoms with Crippen molar-refractivity contribution in [3.05, 3.63) is 59.7 Å². The minimum Gasteiger partial charge on any atom is -0.497 e. The summed E-state index contributed by atoms with van der Waals surface area (Å²) in [5.41, 5.74) is 2.19. The topological polar surface area (TPSA) is 46.6 Å². The highest BCUT2D eigenvalue weighted by Gasteiger charge is 2.30. The summed E-state index contributed by atoms with van der Waals surface area (Å²) in [5.74, 6) is 1.01. The van der Waals surface area contributed by atoms with Crippen LogP contribution in [0, 0.1) is 6.92 Å². The maximum Gasteiger partial charge on any atom is 0.243 e. The monoisotopic (exact) mass is 345 g/mol. The second-order valence-corrected chi connectivity index (χ2v) is 8.23. The molecule has 0 aromatic heterocycles. The van der Waals surface area contributed by atoms with Crippen LogP contribution in [0.15, 0.2) is 53.4 Å². The maximum absolute atomic E-state index is 12.9. The summed E-state index contributed by atoms with van der Waals surface area (Å²) < 4.78 is 32.7. The Bertz CT molecular complexity index is 800. The van der Waals surface area contributed by atoms with Gasteiger partial charge in [0.05, 0.1) is 12.0 Å². The molecular formula is C19H23NO3S. The Kier molecular flexibility index (Phi) is 4.92. The first-order valence-corrected chi connectivity index (χ1v) is 9.65. The molecule has 0 unspecified atom stereocenters. The van der Waals surface area contributed by atoms with Gasteiger partial charge in [-0.2, -0.15) is 4.31 Å². The molecule has 4 nitrogen and oxygen atoms in total. The second kappa shape index (κ2) is 6.95. The van der Waals surface area contributed by atoms with Crippen molar-refractivity contribution in [1.82, 2.24) is 4.31 Å². The predicted molar refractivity (Wildman–Crippen MR) is 94.9 cm³/mol. The van der Waals surface area contributed by atoms with Crippen molar-refractivity contribution in [2.45, 2.75) is 30.6 Å². The maximum atomic E-state index is 12.9. The highest BCUT2D eigenvalue weighted by Crippen LogP contribution is 2.31. The van der Waals surface area contributed by atoms with Crippen LogP contribution in [0.2, 0.25) is 0 Å². The molecule has 128 valence electrons. The summed E-state index contributed by atoms with van der Waals surface area (Å²) in [6.45, 7) is 3.05. The van der Waals surface area contributed by atoms with Crippen LogP contribution in [0.4, 0.5) is 0 Å². The van der Waals surface area contributed by atoms with E-state index in [0.717, 1.165) is 29.7 Å². The third-order valence-corrected chi connectivity index (χ3v) is 6.49. The van der Waals surface area contributed by atoms with Crippen LogP contribution >= 0.6 is 0 Å². The first kappa shape index (κ1) is 17.0. The summed E-state index contributed by atoms with van der Waals surface area (Å²) in [4.78, 5) is 0.374. The van der Waals surface area contributed by atoms with Crippen molar-refractivity contribution < 1.29 is 13.2 Å². The zero-order valence-corrected chi connectivity index (χ0v) is 14.9. The molecule has 0 saturated carbocycles. The minimum atomic E-state index is -3.43. The number of rotatable bonds is 4. The average Bonchev–Trinajstić information content (AvgIpc) is 2.62. The molecule has 2 aromatic rings. The lowest BCUT2D eigenvalue weighted by atomic mass is 9.91. The van der Waals surface area contributed by atoms with E-state index < -0.39 is 10.0 Å². The van der Waals surface area contributed by atoms with E-state index in [1.54, 1.807) is 23.5 Å². The van der Waals surface area contributed by atoms with Gasteiger partial charge < -0.3 is 4.74 Å². The number of piperidine rings is 1. The van der Waals surface area contributed by atoms with Crippen molar-refractivity contribution in [3.8, 4) is 5.75 Å². The van der Waals surface area contributed by atoms with Gasteiger partial charge in [-0.1, -0.05) is 29.8 Å². The van der Waals surface area contributed by atoms with Crippen LogP contribution in [-0.4, -0.2) is 32.9 Å². The van der Waals surface area contributed by atoms with Gasteiger partial charge in [-0.25, -0.2) is 8.42 Å². The lowest BCUT2D eigenvalue weighted by Gasteiger charge is -2.32. The molecular weight excluding hydrogens is 322 g/mol. The zero-order valence-electron chi connectivity index (χ0n) is 14.1. The van der Waals surface area contributed by atoms with E-state index in [9.17, 15) is 8.42 Å². The van der Waals surface area contributed by atoms with Crippen LogP contribution in [-0.2, 0) is 10.0 Å². The normalized spacial score (nSPS) is 19.2. The fourth-order valence-corrected chi connectivity index (χ4v) is 4.71. The molecule has 1 fully saturated rings. The lowest BCUT2D eigenvalue weighted by Crippen LogP contribution is -2.39. The Morgan fingerprint density at radius 1 is 1.12 bits per heavy atom. The van der Waals surface area contributed by atoms with Gasteiger partial charge in [-0.05, 0) is 55.5 Å². The Morgan fingerprint density at radius 3 is 2.58 bits per heavy atom. The smallest absolute Gasteiger partial charge is 0.243 e. The predicted octanol–water partition coefficient (Wildman–Crippen LogP) is 3.57. The van der Waals surface area contributed by atoms with Crippen LogP contribution in [0.3, 0.4) is 0 Å². The van der Waals surface area contributed by atoms with E-state index in [1.807, 2.05) is 37.3 Å². The number of nitrogens with zero attached hydrogens (tertiary/aromatic N) is 1. The van der Waals surface area contributed by atoms with Crippen molar-refractivity contribution in [2.24, 2.45) is 0 Å². The highest BCUT2D eigenvalue weighted by molar-refractivity contribution is 7.89. The molecule has 0 N–H and O–H groups in total. The quantitative estimate of drug-likeness (QED) is 0.851. The Morgan fingerprint density at radius 2 is 1.88 bits per heavy atom. The number of aryl methyl sites for hydroxylation is 1. The SMILES string of the molecule is COc1cccc([C@@H]2CCCN(S(=O)(=O)c3ccc(C)cc3)C2)c1. The van der Waals surface area contributed by atoms with Gasteiger partial charge in [0.1, 0.15) is 5.75 Å². The van der Waals surface area contributed by atoms with Crippen molar-refractivity contribution in [2.75, 3.05) is 20.2 Å². The second-order valence-electron chi connectivity index (χ2n) is 6.29. The standard InChI is InChI=1S/C19H23NO3S/c1-15-8-10-19(11-9-15)24(21,22)20-12-4-6-17(14-20)16-5-3-7-18(13-16)23-2/h3,5,7-11,13,17H,4,6,12,14H2,1-2H3/t17-/m1/s1. The molecule has 0 aliphatic carbocycles. The van der Waals surface area contributed by atoms with Crippen LogP contribution in [0.5, 0.6) is 5.75 Å². The number of sulfonamides is 1. The van der Waals surface area contributed by atoms with E-state index in [4.69, 9.17) is 4.74 Å². The molecule has 1 saturated heterocycles. The highest BCUT2D eigenvalue weighted by atomic mass is 32.2. The molecule has 1 aliphatic rings. The Hall–Kier alpha value is -1.85. The molecule has 0 radical (unpaired) electrons. The van der Waals surface area contributed by atoms with Gasteiger partial charge in [-0.3, -0.25) is 0 Å². The average molecular weight is 345 g/mol. The van der Waals surface area contributed by atoms with E-state index >= 15 is 0 Å². The molecule has 24 heavy (non-hydrogen) atoms. The van der Waals surface area contributed by atoms with Gasteiger partial charge in [0.25, 0.3) is 0 Å². The van der Waals surface area contributed by atoms with Gasteiger partial charge >= 0.3 is 0 Å². The Labute approximate surface area is 144 Å². The third-order valence-electron chi connectivity index (χ3n) is 4.61. The van der Waals surface area contributed by atoms with Crippen molar-refractivity contribution >= 4 is 10.0 Å². The van der Waals surface area contributed by atoms with Crippen LogP contribution in [0.1, 0.15) is 29.9 Å². The summed E-state index contributed by atoms with van der Waals surface area (Å²) >= 11 is 0. The van der Waals surface area contributed by atoms with Gasteiger partial charge in [0.15, 0.2) is 0 Å². The molecule has 3 rings (SSSR count). The summed E-state index contributed by atoms with van der Waals surface area (Å²) in [6, 6.07) is 15.0. The lowest BCUT2D eigenvalue weighted by molar-refractivity contribution is 0.315. The van der Waals surface area contributed by atoms with Crippen molar-refractivity contribution in [1.29, 1.82) is 0 Å². The van der Waals surface area contributed by atoms with E-state index in [1.165, 1.54) is 0 Å². The van der Waals surface area contributed by atoms with Crippen LogP contribution in [0.25, 0.3) is 0 Å². The zero-order chi connectivity index (χ0) is 17.2. The van der Waals surface area contributed by atoms with Gasteiger partial charge in [0.2, 0.25) is 10.0 Å². The molecule has 2 aromatic carbocycles. The number of benzene rings is 2. The van der Waals surface area contributed by atoms with Gasteiger partial charge in [0, 0.05) is 13.1 Å². The fourth-order valence-electron chi connectivity index (χ4n) is 3.19. The van der Waals surface area contributed by atoms with E-state index in [0.29, 0.717) is 18.0 Å². The fraction of sp³-hybridized carbons (Fsp3) is 0.368. The largest absolute Gasteiger partial charge is 0.497 e. The van der Waals surface area contributed by atoms with Gasteiger partial charge in [-0.15, -0.1) is 0 Å². The first-order chi connectivity index (χ1) is 11.5. The number of hydrogen-bond acceptors (Lipinski definition) is 3. The van der Waals surface area contributed by atoms with E-state index in [2.05, 4.69) is 6.07 Å². The number of hydrogen-bond donors (Lipinski definition) is 0. The first-order valence-electron chi connectivity index (χ1n) is 8.21. The summed E-state index contributed by atoms with van der Waals surface area (Å²) in [5, 5.41) is 0. The molecule has 0 spiro atoms. The molecule has 0 amide bonds. The molecule has 1 atom stereocenters.